The maximum Gasteiger partial charge on any atom is 0.319 e. The summed E-state index contributed by atoms with van der Waals surface area (Å²) >= 11 is 0. The van der Waals surface area contributed by atoms with Gasteiger partial charge in [0.1, 0.15) is 5.92 Å². The molecule has 0 spiro atoms. The van der Waals surface area contributed by atoms with Gasteiger partial charge in [-0.3, -0.25) is 4.79 Å². The second-order valence-electron chi connectivity index (χ2n) is 6.37. The van der Waals surface area contributed by atoms with Gasteiger partial charge in [-0.25, -0.2) is 4.79 Å². The molecule has 0 aromatic heterocycles. The van der Waals surface area contributed by atoms with Gasteiger partial charge in [0.15, 0.2) is 11.5 Å². The minimum Gasteiger partial charge on any atom is -0.504 e. The Kier molecular flexibility index (Phi) is 5.03. The number of phenols is 1. The van der Waals surface area contributed by atoms with Crippen LogP contribution < -0.4 is 20.7 Å². The molecule has 3 amide bonds. The molecule has 2 aromatic rings. The summed E-state index contributed by atoms with van der Waals surface area (Å²) in [6.45, 7) is 5.79. The summed E-state index contributed by atoms with van der Waals surface area (Å²) < 4.78 is 5.05. The highest BCUT2D eigenvalue weighted by Gasteiger charge is 2.38. The first kappa shape index (κ1) is 18.3. The van der Waals surface area contributed by atoms with Crippen LogP contribution in [0.3, 0.4) is 0 Å². The molecule has 27 heavy (non-hydrogen) atoms. The summed E-state index contributed by atoms with van der Waals surface area (Å²) in [5.41, 5.74) is 2.57. The number of nitrogens with one attached hydrogen (secondary N) is 3. The Bertz CT molecular complexity index is 893. The smallest absolute Gasteiger partial charge is 0.319 e. The summed E-state index contributed by atoms with van der Waals surface area (Å²) in [7, 11) is 1.45. The van der Waals surface area contributed by atoms with Crippen LogP contribution in [-0.4, -0.2) is 24.2 Å². The first-order chi connectivity index (χ1) is 12.9. The van der Waals surface area contributed by atoms with E-state index in [1.54, 1.807) is 24.3 Å². The molecular weight excluding hydrogens is 346 g/mol. The Hall–Kier alpha value is -3.48. The first-order valence-electron chi connectivity index (χ1n) is 8.40. The predicted octanol–water partition coefficient (Wildman–Crippen LogP) is 2.83. The molecule has 1 aliphatic heterocycles. The van der Waals surface area contributed by atoms with Crippen molar-refractivity contribution >= 4 is 17.6 Å². The Morgan fingerprint density at radius 2 is 1.93 bits per heavy atom. The minimum absolute atomic E-state index is 0.0777. The number of ether oxygens (including phenoxy) is 1. The average molecular weight is 367 g/mol. The average Bonchev–Trinajstić information content (AvgIpc) is 2.62. The van der Waals surface area contributed by atoms with Crippen molar-refractivity contribution in [2.45, 2.75) is 13.0 Å². The number of carbonyl (C=O) groups is 2. The first-order valence-corrected chi connectivity index (χ1v) is 8.40. The van der Waals surface area contributed by atoms with Crippen molar-refractivity contribution in [1.82, 2.24) is 10.6 Å². The standard InChI is InChI=1S/C20H21N3O4/c1-11-4-7-14(8-5-11)22-19(25)17-12(2)21-20(26)23-18(17)13-6-9-16(27-3)15(24)10-13/h4-10,17-18,24H,2H2,1,3H3,(H,22,25)(H2,21,23,26)/t17-,18-/m1/s1. The number of amides is 3. The lowest BCUT2D eigenvalue weighted by Crippen LogP contribution is -2.51. The van der Waals surface area contributed by atoms with Gasteiger partial charge in [-0.1, -0.05) is 30.3 Å². The topological polar surface area (TPSA) is 99.7 Å². The van der Waals surface area contributed by atoms with Crippen LogP contribution in [0.1, 0.15) is 17.2 Å². The molecule has 2 atom stereocenters. The van der Waals surface area contributed by atoms with Crippen molar-refractivity contribution in [2.75, 3.05) is 12.4 Å². The Labute approximate surface area is 157 Å². The van der Waals surface area contributed by atoms with Gasteiger partial charge in [-0.15, -0.1) is 0 Å². The quantitative estimate of drug-likeness (QED) is 0.668. The third kappa shape index (κ3) is 3.87. The lowest BCUT2D eigenvalue weighted by atomic mass is 9.88. The van der Waals surface area contributed by atoms with Crippen molar-refractivity contribution in [3.63, 3.8) is 0 Å². The van der Waals surface area contributed by atoms with Crippen LogP contribution in [0.25, 0.3) is 0 Å². The molecule has 7 nitrogen and oxygen atoms in total. The Morgan fingerprint density at radius 3 is 2.56 bits per heavy atom. The monoisotopic (exact) mass is 367 g/mol. The van der Waals surface area contributed by atoms with E-state index >= 15 is 0 Å². The molecule has 1 heterocycles. The molecule has 0 bridgehead atoms. The number of aromatic hydroxyl groups is 1. The van der Waals surface area contributed by atoms with E-state index in [4.69, 9.17) is 4.74 Å². The highest BCUT2D eigenvalue weighted by atomic mass is 16.5. The number of phenolic OH excluding ortho intramolecular Hbond substituents is 1. The molecule has 3 rings (SSSR count). The van der Waals surface area contributed by atoms with Crippen LogP contribution in [0.5, 0.6) is 11.5 Å². The second-order valence-corrected chi connectivity index (χ2v) is 6.37. The number of methoxy groups -OCH3 is 1. The summed E-state index contributed by atoms with van der Waals surface area (Å²) in [6, 6.07) is 11.0. The van der Waals surface area contributed by atoms with Crippen LogP contribution in [0, 0.1) is 12.8 Å². The van der Waals surface area contributed by atoms with E-state index in [0.29, 0.717) is 17.0 Å². The van der Waals surface area contributed by atoms with E-state index in [0.717, 1.165) is 5.56 Å². The van der Waals surface area contributed by atoms with Crippen molar-refractivity contribution in [3.05, 3.63) is 65.9 Å². The van der Waals surface area contributed by atoms with Crippen LogP contribution in [0.15, 0.2) is 54.7 Å². The van der Waals surface area contributed by atoms with Crippen LogP contribution >= 0.6 is 0 Å². The van der Waals surface area contributed by atoms with Gasteiger partial charge in [0.25, 0.3) is 0 Å². The molecule has 140 valence electrons. The number of urea groups is 1. The number of hydrogen-bond donors (Lipinski definition) is 4. The van der Waals surface area contributed by atoms with Crippen molar-refractivity contribution in [3.8, 4) is 11.5 Å². The highest BCUT2D eigenvalue weighted by Crippen LogP contribution is 2.35. The molecule has 1 fully saturated rings. The van der Waals surface area contributed by atoms with Crippen molar-refractivity contribution < 1.29 is 19.4 Å². The van der Waals surface area contributed by atoms with Gasteiger partial charge in [0.05, 0.1) is 13.2 Å². The Morgan fingerprint density at radius 1 is 1.22 bits per heavy atom. The number of benzene rings is 2. The maximum absolute atomic E-state index is 12.9. The van der Waals surface area contributed by atoms with Crippen LogP contribution in [0.4, 0.5) is 10.5 Å². The fourth-order valence-corrected chi connectivity index (χ4v) is 3.03. The van der Waals surface area contributed by atoms with Crippen molar-refractivity contribution in [1.29, 1.82) is 0 Å². The third-order valence-electron chi connectivity index (χ3n) is 4.43. The Balaban J connectivity index is 1.90. The van der Waals surface area contributed by atoms with Gasteiger partial charge in [0.2, 0.25) is 5.91 Å². The molecule has 0 radical (unpaired) electrons. The maximum atomic E-state index is 12.9. The molecule has 0 saturated carbocycles. The summed E-state index contributed by atoms with van der Waals surface area (Å²) in [4.78, 5) is 24.8. The van der Waals surface area contributed by atoms with Gasteiger partial charge in [-0.05, 0) is 36.8 Å². The van der Waals surface area contributed by atoms with Crippen LogP contribution in [-0.2, 0) is 4.79 Å². The van der Waals surface area contributed by atoms with Gasteiger partial charge >= 0.3 is 6.03 Å². The molecule has 1 saturated heterocycles. The number of carbonyl (C=O) groups excluding carboxylic acids is 2. The normalized spacial score (nSPS) is 19.0. The zero-order valence-electron chi connectivity index (χ0n) is 15.1. The molecule has 7 heteroatoms. The molecule has 1 aliphatic rings. The lowest BCUT2D eigenvalue weighted by Gasteiger charge is -2.34. The SMILES string of the molecule is C=C1NC(=O)N[C@H](c2ccc(OC)c(O)c2)[C@@H]1C(=O)Nc1ccc(C)cc1. The van der Waals surface area contributed by atoms with E-state index in [1.807, 2.05) is 19.1 Å². The zero-order valence-corrected chi connectivity index (χ0v) is 15.1. The largest absolute Gasteiger partial charge is 0.504 e. The third-order valence-corrected chi connectivity index (χ3v) is 4.43. The van der Waals surface area contributed by atoms with Gasteiger partial charge in [-0.2, -0.15) is 0 Å². The number of hydrogen-bond acceptors (Lipinski definition) is 4. The fourth-order valence-electron chi connectivity index (χ4n) is 3.03. The zero-order chi connectivity index (χ0) is 19.6. The molecule has 0 unspecified atom stereocenters. The lowest BCUT2D eigenvalue weighted by molar-refractivity contribution is -0.119. The summed E-state index contributed by atoms with van der Waals surface area (Å²) in [5.74, 6) is -0.863. The van der Waals surface area contributed by atoms with E-state index in [9.17, 15) is 14.7 Å². The number of aryl methyl sites for hydroxylation is 1. The summed E-state index contributed by atoms with van der Waals surface area (Å²) in [6.07, 6.45) is 0. The predicted molar refractivity (Wildman–Crippen MR) is 102 cm³/mol. The molecular formula is C20H21N3O4. The molecule has 2 aromatic carbocycles. The van der Waals surface area contributed by atoms with Crippen molar-refractivity contribution in [2.24, 2.45) is 5.92 Å². The van der Waals surface area contributed by atoms with E-state index in [-0.39, 0.29) is 17.4 Å². The minimum atomic E-state index is -0.767. The summed E-state index contributed by atoms with van der Waals surface area (Å²) in [5, 5.41) is 18.2. The number of rotatable bonds is 4. The number of anilines is 1. The van der Waals surface area contributed by atoms with Crippen LogP contribution in [0.2, 0.25) is 0 Å². The van der Waals surface area contributed by atoms with E-state index < -0.39 is 18.0 Å². The molecule has 4 N–H and O–H groups in total. The highest BCUT2D eigenvalue weighted by molar-refractivity contribution is 5.97. The van der Waals surface area contributed by atoms with Gasteiger partial charge in [0, 0.05) is 11.4 Å². The second kappa shape index (κ2) is 7.41. The molecule has 0 aliphatic carbocycles. The van der Waals surface area contributed by atoms with Gasteiger partial charge < -0.3 is 25.8 Å². The van der Waals surface area contributed by atoms with E-state index in [1.165, 1.54) is 13.2 Å². The fraction of sp³-hybridized carbons (Fsp3) is 0.200. The van der Waals surface area contributed by atoms with E-state index in [2.05, 4.69) is 22.5 Å².